The third-order valence-electron chi connectivity index (χ3n) is 4.81. The molecule has 3 amide bonds. The zero-order chi connectivity index (χ0) is 20.8. The molecule has 2 aromatic rings. The van der Waals surface area contributed by atoms with E-state index in [0.29, 0.717) is 36.8 Å². The van der Waals surface area contributed by atoms with E-state index >= 15 is 0 Å². The molecule has 0 radical (unpaired) electrons. The highest BCUT2D eigenvalue weighted by molar-refractivity contribution is 5.89. The molecule has 0 saturated heterocycles. The molecule has 1 heterocycles. The van der Waals surface area contributed by atoms with Crippen LogP contribution in [0.25, 0.3) is 0 Å². The summed E-state index contributed by atoms with van der Waals surface area (Å²) in [7, 11) is 4.52. The number of fused-ring (bicyclic) bond motifs is 1. The third-order valence-corrected chi connectivity index (χ3v) is 4.81. The number of carbonyl (C=O) groups is 2. The molecule has 0 unspecified atom stereocenters. The number of hydrogen-bond donors (Lipinski definition) is 2. The standard InChI is InChI=1S/C21H25N3O5/c1-27-18-7-4-14(10-19(18)28-2)12-22-20(25)23-17-6-5-15-8-9-24(21(26)29-3)13-16(15)11-17/h4-7,10-11H,8-9,12-13H2,1-3H3,(H2,22,23,25). The quantitative estimate of drug-likeness (QED) is 0.806. The first-order valence-electron chi connectivity index (χ1n) is 9.24. The SMILES string of the molecule is COC(=O)N1CCc2ccc(NC(=O)NCc3ccc(OC)c(OC)c3)cc2C1. The van der Waals surface area contributed by atoms with Crippen LogP contribution in [0.15, 0.2) is 36.4 Å². The van der Waals surface area contributed by atoms with Gasteiger partial charge in [0.15, 0.2) is 11.5 Å². The van der Waals surface area contributed by atoms with Crippen LogP contribution in [0.3, 0.4) is 0 Å². The summed E-state index contributed by atoms with van der Waals surface area (Å²) < 4.78 is 15.3. The summed E-state index contributed by atoms with van der Waals surface area (Å²) in [4.78, 5) is 25.7. The summed E-state index contributed by atoms with van der Waals surface area (Å²) in [5.41, 5.74) is 3.72. The van der Waals surface area contributed by atoms with Gasteiger partial charge in [0.1, 0.15) is 0 Å². The van der Waals surface area contributed by atoms with Gasteiger partial charge in [-0.25, -0.2) is 9.59 Å². The van der Waals surface area contributed by atoms with Crippen molar-refractivity contribution in [3.63, 3.8) is 0 Å². The molecule has 29 heavy (non-hydrogen) atoms. The largest absolute Gasteiger partial charge is 0.493 e. The number of nitrogens with zero attached hydrogens (tertiary/aromatic N) is 1. The average molecular weight is 399 g/mol. The van der Waals surface area contributed by atoms with Crippen LogP contribution >= 0.6 is 0 Å². The predicted molar refractivity (Wildman–Crippen MR) is 108 cm³/mol. The van der Waals surface area contributed by atoms with Gasteiger partial charge in [0.05, 0.1) is 21.3 Å². The maximum atomic E-state index is 12.3. The van der Waals surface area contributed by atoms with Crippen molar-refractivity contribution in [3.05, 3.63) is 53.1 Å². The van der Waals surface area contributed by atoms with E-state index in [4.69, 9.17) is 14.2 Å². The van der Waals surface area contributed by atoms with Crippen molar-refractivity contribution in [1.29, 1.82) is 0 Å². The number of anilines is 1. The van der Waals surface area contributed by atoms with Gasteiger partial charge in [-0.05, 0) is 47.4 Å². The van der Waals surface area contributed by atoms with Gasteiger partial charge in [0.2, 0.25) is 0 Å². The van der Waals surface area contributed by atoms with Crippen molar-refractivity contribution in [3.8, 4) is 11.5 Å². The Hall–Kier alpha value is -3.42. The van der Waals surface area contributed by atoms with Crippen LogP contribution in [0.1, 0.15) is 16.7 Å². The number of rotatable bonds is 5. The molecule has 2 N–H and O–H groups in total. The van der Waals surface area contributed by atoms with Crippen molar-refractivity contribution in [2.75, 3.05) is 33.2 Å². The number of hydrogen-bond acceptors (Lipinski definition) is 5. The summed E-state index contributed by atoms with van der Waals surface area (Å²) in [6.45, 7) is 1.43. The number of benzene rings is 2. The zero-order valence-electron chi connectivity index (χ0n) is 16.8. The Bertz CT molecular complexity index is 900. The Kier molecular flexibility index (Phi) is 6.43. The first-order valence-corrected chi connectivity index (χ1v) is 9.24. The second kappa shape index (κ2) is 9.18. The smallest absolute Gasteiger partial charge is 0.409 e. The van der Waals surface area contributed by atoms with Crippen LogP contribution in [0.5, 0.6) is 11.5 Å². The fourth-order valence-corrected chi connectivity index (χ4v) is 3.27. The maximum absolute atomic E-state index is 12.3. The molecule has 0 aliphatic carbocycles. The number of nitrogens with one attached hydrogen (secondary N) is 2. The van der Waals surface area contributed by atoms with E-state index in [2.05, 4.69) is 10.6 Å². The molecule has 0 saturated carbocycles. The van der Waals surface area contributed by atoms with Crippen LogP contribution in [0.2, 0.25) is 0 Å². The van der Waals surface area contributed by atoms with E-state index in [9.17, 15) is 9.59 Å². The number of urea groups is 1. The van der Waals surface area contributed by atoms with E-state index in [-0.39, 0.29) is 12.1 Å². The van der Waals surface area contributed by atoms with Crippen LogP contribution in [-0.2, 0) is 24.2 Å². The van der Waals surface area contributed by atoms with Crippen LogP contribution < -0.4 is 20.1 Å². The molecule has 0 aromatic heterocycles. The molecule has 0 atom stereocenters. The fourth-order valence-electron chi connectivity index (χ4n) is 3.27. The molecule has 1 aliphatic rings. The summed E-state index contributed by atoms with van der Waals surface area (Å²) in [6, 6.07) is 10.9. The minimum Gasteiger partial charge on any atom is -0.493 e. The number of amides is 3. The zero-order valence-corrected chi connectivity index (χ0v) is 16.8. The summed E-state index contributed by atoms with van der Waals surface area (Å²) in [6.07, 6.45) is 0.414. The highest BCUT2D eigenvalue weighted by Gasteiger charge is 2.21. The lowest BCUT2D eigenvalue weighted by Crippen LogP contribution is -2.36. The molecular weight excluding hydrogens is 374 g/mol. The molecule has 154 valence electrons. The van der Waals surface area contributed by atoms with Crippen molar-refractivity contribution in [1.82, 2.24) is 10.2 Å². The van der Waals surface area contributed by atoms with E-state index in [1.807, 2.05) is 30.3 Å². The van der Waals surface area contributed by atoms with Crippen molar-refractivity contribution >= 4 is 17.8 Å². The van der Waals surface area contributed by atoms with Gasteiger partial charge in [-0.2, -0.15) is 0 Å². The van der Waals surface area contributed by atoms with Gasteiger partial charge in [-0.3, -0.25) is 0 Å². The van der Waals surface area contributed by atoms with Crippen molar-refractivity contribution in [2.45, 2.75) is 19.5 Å². The Balaban J connectivity index is 1.59. The molecule has 3 rings (SSSR count). The highest BCUT2D eigenvalue weighted by Crippen LogP contribution is 2.27. The molecule has 8 heteroatoms. The summed E-state index contributed by atoms with van der Waals surface area (Å²) in [5.74, 6) is 1.24. The molecule has 0 fully saturated rings. The number of carbonyl (C=O) groups excluding carboxylic acids is 2. The molecule has 0 spiro atoms. The van der Waals surface area contributed by atoms with Gasteiger partial charge in [0.25, 0.3) is 0 Å². The Labute approximate surface area is 169 Å². The maximum Gasteiger partial charge on any atom is 0.409 e. The van der Waals surface area contributed by atoms with E-state index in [1.54, 1.807) is 25.2 Å². The third kappa shape index (κ3) is 4.90. The van der Waals surface area contributed by atoms with E-state index in [0.717, 1.165) is 17.5 Å². The van der Waals surface area contributed by atoms with Gasteiger partial charge < -0.3 is 29.7 Å². The summed E-state index contributed by atoms with van der Waals surface area (Å²) in [5, 5.41) is 5.65. The highest BCUT2D eigenvalue weighted by atomic mass is 16.5. The van der Waals surface area contributed by atoms with Gasteiger partial charge in [-0.1, -0.05) is 12.1 Å². The molecule has 1 aliphatic heterocycles. The lowest BCUT2D eigenvalue weighted by Gasteiger charge is -2.28. The monoisotopic (exact) mass is 399 g/mol. The second-order valence-corrected chi connectivity index (χ2v) is 6.62. The van der Waals surface area contributed by atoms with Gasteiger partial charge in [-0.15, -0.1) is 0 Å². The second-order valence-electron chi connectivity index (χ2n) is 6.62. The first-order chi connectivity index (χ1) is 14.0. The van der Waals surface area contributed by atoms with Crippen LogP contribution in [0, 0.1) is 0 Å². The predicted octanol–water partition coefficient (Wildman–Crippen LogP) is 3.15. The molecule has 2 aromatic carbocycles. The first kappa shape index (κ1) is 20.3. The number of methoxy groups -OCH3 is 3. The molecule has 0 bridgehead atoms. The Morgan fingerprint density at radius 3 is 2.52 bits per heavy atom. The minimum atomic E-state index is -0.346. The fraction of sp³-hybridized carbons (Fsp3) is 0.333. The molecular formula is C21H25N3O5. The molecule has 8 nitrogen and oxygen atoms in total. The van der Waals surface area contributed by atoms with E-state index < -0.39 is 0 Å². The minimum absolute atomic E-state index is 0.319. The lowest BCUT2D eigenvalue weighted by molar-refractivity contribution is 0.118. The Morgan fingerprint density at radius 2 is 1.79 bits per heavy atom. The Morgan fingerprint density at radius 1 is 1.00 bits per heavy atom. The average Bonchev–Trinajstić information content (AvgIpc) is 2.76. The van der Waals surface area contributed by atoms with Crippen LogP contribution in [-0.4, -0.2) is 44.9 Å². The van der Waals surface area contributed by atoms with Crippen LogP contribution in [0.4, 0.5) is 15.3 Å². The van der Waals surface area contributed by atoms with Gasteiger partial charge in [0, 0.05) is 25.3 Å². The van der Waals surface area contributed by atoms with Crippen molar-refractivity contribution in [2.24, 2.45) is 0 Å². The lowest BCUT2D eigenvalue weighted by atomic mass is 9.99. The van der Waals surface area contributed by atoms with E-state index in [1.165, 1.54) is 12.7 Å². The van der Waals surface area contributed by atoms with Crippen molar-refractivity contribution < 1.29 is 23.8 Å². The normalized spacial score (nSPS) is 12.6. The number of ether oxygens (including phenoxy) is 3. The van der Waals surface area contributed by atoms with Gasteiger partial charge >= 0.3 is 12.1 Å². The topological polar surface area (TPSA) is 89.1 Å². The summed E-state index contributed by atoms with van der Waals surface area (Å²) >= 11 is 0.